The molecule has 0 unspecified atom stereocenters. The van der Waals surface area contributed by atoms with Gasteiger partial charge in [0.25, 0.3) is 0 Å². The normalized spacial score (nSPS) is 11.1. The number of hydrogen-bond donors (Lipinski definition) is 3. The lowest BCUT2D eigenvalue weighted by atomic mass is 10.2. The second-order valence-corrected chi connectivity index (χ2v) is 5.63. The molecular formula is C18H10F3N3O3. The largest absolute Gasteiger partial charge is 0.477 e. The van der Waals surface area contributed by atoms with E-state index >= 15 is 0 Å². The molecule has 0 saturated heterocycles. The van der Waals surface area contributed by atoms with Crippen LogP contribution in [0, 0.1) is 17.5 Å². The Morgan fingerprint density at radius 3 is 2.67 bits per heavy atom. The highest BCUT2D eigenvalue weighted by atomic mass is 19.1. The molecule has 2 heterocycles. The summed E-state index contributed by atoms with van der Waals surface area (Å²) in [5, 5.41) is 9.06. The van der Waals surface area contributed by atoms with Crippen LogP contribution in [-0.4, -0.2) is 26.0 Å². The van der Waals surface area contributed by atoms with Crippen molar-refractivity contribution in [3.63, 3.8) is 0 Å². The lowest BCUT2D eigenvalue weighted by molar-refractivity contribution is 0.0691. The Hall–Kier alpha value is -3.75. The molecule has 4 aromatic rings. The number of ether oxygens (including phenoxy) is 1. The third-order valence-electron chi connectivity index (χ3n) is 3.92. The van der Waals surface area contributed by atoms with E-state index in [4.69, 9.17) is 9.84 Å². The quantitative estimate of drug-likeness (QED) is 0.492. The molecule has 0 aliphatic heterocycles. The minimum Gasteiger partial charge on any atom is -0.477 e. The second kappa shape index (κ2) is 6.20. The summed E-state index contributed by atoms with van der Waals surface area (Å²) in [6, 6.07) is 5.91. The average molecular weight is 373 g/mol. The van der Waals surface area contributed by atoms with Crippen LogP contribution in [-0.2, 0) is 0 Å². The van der Waals surface area contributed by atoms with Crippen LogP contribution in [0.2, 0.25) is 0 Å². The molecule has 0 aliphatic carbocycles. The van der Waals surface area contributed by atoms with Crippen molar-refractivity contribution in [2.75, 3.05) is 0 Å². The first kappa shape index (κ1) is 16.7. The zero-order valence-corrected chi connectivity index (χ0v) is 13.4. The Morgan fingerprint density at radius 2 is 1.93 bits per heavy atom. The predicted octanol–water partition coefficient (Wildman–Crippen LogP) is 4.47. The van der Waals surface area contributed by atoms with Gasteiger partial charge in [-0.3, -0.25) is 0 Å². The van der Waals surface area contributed by atoms with Crippen LogP contribution in [0.4, 0.5) is 13.2 Å². The zero-order valence-electron chi connectivity index (χ0n) is 13.4. The van der Waals surface area contributed by atoms with Gasteiger partial charge in [-0.15, -0.1) is 0 Å². The fraction of sp³-hybridized carbons (Fsp3) is 0. The topological polar surface area (TPSA) is 91.0 Å². The van der Waals surface area contributed by atoms with E-state index in [0.717, 1.165) is 18.3 Å². The van der Waals surface area contributed by atoms with Crippen molar-refractivity contribution in [1.82, 2.24) is 15.0 Å². The summed E-state index contributed by atoms with van der Waals surface area (Å²) in [5.74, 6) is -4.54. The molecule has 0 bridgehead atoms. The van der Waals surface area contributed by atoms with E-state index in [9.17, 15) is 18.0 Å². The van der Waals surface area contributed by atoms with Crippen molar-refractivity contribution >= 4 is 16.9 Å². The number of imidazole rings is 1. The Morgan fingerprint density at radius 1 is 1.11 bits per heavy atom. The van der Waals surface area contributed by atoms with Gasteiger partial charge in [-0.2, -0.15) is 0 Å². The molecule has 0 fully saturated rings. The summed E-state index contributed by atoms with van der Waals surface area (Å²) < 4.78 is 48.1. The summed E-state index contributed by atoms with van der Waals surface area (Å²) in [6.07, 6.45) is 2.49. The smallest absolute Gasteiger partial charge is 0.353 e. The summed E-state index contributed by atoms with van der Waals surface area (Å²) in [5.41, 5.74) is -0.0665. The number of carbonyl (C=O) groups is 1. The molecule has 0 radical (unpaired) electrons. The van der Waals surface area contributed by atoms with Gasteiger partial charge in [0.1, 0.15) is 23.1 Å². The second-order valence-electron chi connectivity index (χ2n) is 5.63. The Balaban J connectivity index is 1.74. The minimum atomic E-state index is -1.26. The molecule has 0 atom stereocenters. The molecule has 6 nitrogen and oxygen atoms in total. The van der Waals surface area contributed by atoms with Crippen LogP contribution in [0.25, 0.3) is 22.3 Å². The number of rotatable bonds is 4. The number of carboxylic acid groups (broad SMARTS) is 1. The number of hydrogen-bond acceptors (Lipinski definition) is 3. The fourth-order valence-corrected chi connectivity index (χ4v) is 2.64. The highest BCUT2D eigenvalue weighted by Gasteiger charge is 2.18. The van der Waals surface area contributed by atoms with Crippen molar-refractivity contribution < 1.29 is 27.8 Å². The molecule has 0 spiro atoms. The van der Waals surface area contributed by atoms with Crippen LogP contribution in [0.3, 0.4) is 0 Å². The highest BCUT2D eigenvalue weighted by molar-refractivity contribution is 5.86. The predicted molar refractivity (Wildman–Crippen MR) is 89.2 cm³/mol. The minimum absolute atomic E-state index is 0.0487. The van der Waals surface area contributed by atoms with Crippen molar-refractivity contribution in [1.29, 1.82) is 0 Å². The van der Waals surface area contributed by atoms with Crippen molar-refractivity contribution in [2.45, 2.75) is 0 Å². The maximum absolute atomic E-state index is 14.5. The van der Waals surface area contributed by atoms with E-state index in [1.165, 1.54) is 24.4 Å². The molecule has 2 aromatic carbocycles. The molecule has 2 aromatic heterocycles. The average Bonchev–Trinajstić information content (AvgIpc) is 3.29. The number of aromatic nitrogens is 3. The standard InChI is InChI=1S/C18H10F3N3O3/c19-11-2-1-8(5-10(11)17-23-7-14(24-17)18(25)26)27-16-12(20)6-13-9(15(16)21)3-4-22-13/h1-7,22H,(H,23,24)(H,25,26). The summed E-state index contributed by atoms with van der Waals surface area (Å²) in [7, 11) is 0. The number of nitrogens with zero attached hydrogens (tertiary/aromatic N) is 1. The zero-order chi connectivity index (χ0) is 19.1. The molecule has 0 amide bonds. The number of benzene rings is 2. The van der Waals surface area contributed by atoms with E-state index < -0.39 is 29.2 Å². The van der Waals surface area contributed by atoms with Crippen LogP contribution in [0.15, 0.2) is 42.7 Å². The van der Waals surface area contributed by atoms with E-state index in [1.807, 2.05) is 0 Å². The van der Waals surface area contributed by atoms with E-state index in [1.54, 1.807) is 0 Å². The number of H-pyrrole nitrogens is 2. The highest BCUT2D eigenvalue weighted by Crippen LogP contribution is 2.34. The third-order valence-corrected chi connectivity index (χ3v) is 3.92. The van der Waals surface area contributed by atoms with Gasteiger partial charge in [0, 0.05) is 17.6 Å². The van der Waals surface area contributed by atoms with Crippen molar-refractivity contribution in [3.8, 4) is 22.9 Å². The summed E-state index contributed by atoms with van der Waals surface area (Å²) in [6.45, 7) is 0. The first-order chi connectivity index (χ1) is 12.9. The first-order valence-corrected chi connectivity index (χ1v) is 7.65. The van der Waals surface area contributed by atoms with Gasteiger partial charge in [0.2, 0.25) is 0 Å². The molecule has 0 saturated carbocycles. The SMILES string of the molecule is O=C(O)c1cnc(-c2cc(Oc3c(F)cc4[nH]ccc4c3F)ccc2F)[nH]1. The van der Waals surface area contributed by atoms with Crippen molar-refractivity contribution in [3.05, 3.63) is 65.9 Å². The Labute approximate surface area is 149 Å². The van der Waals surface area contributed by atoms with Crippen LogP contribution in [0.5, 0.6) is 11.5 Å². The number of carboxylic acids is 1. The lowest BCUT2D eigenvalue weighted by Crippen LogP contribution is -1.97. The number of halogens is 3. The Kier molecular flexibility index (Phi) is 3.84. The van der Waals surface area contributed by atoms with Gasteiger partial charge in [-0.05, 0) is 24.3 Å². The Bertz CT molecular complexity index is 1180. The number of aromatic carboxylic acids is 1. The molecule has 9 heteroatoms. The number of aromatic amines is 2. The van der Waals surface area contributed by atoms with Gasteiger partial charge < -0.3 is 19.8 Å². The lowest BCUT2D eigenvalue weighted by Gasteiger charge is -2.10. The molecule has 136 valence electrons. The molecule has 27 heavy (non-hydrogen) atoms. The monoisotopic (exact) mass is 373 g/mol. The molecular weight excluding hydrogens is 363 g/mol. The van der Waals surface area contributed by atoms with Crippen LogP contribution in [0.1, 0.15) is 10.5 Å². The van der Waals surface area contributed by atoms with E-state index in [2.05, 4.69) is 15.0 Å². The summed E-state index contributed by atoms with van der Waals surface area (Å²) in [4.78, 5) is 19.9. The van der Waals surface area contributed by atoms with Gasteiger partial charge in [-0.1, -0.05) is 0 Å². The van der Waals surface area contributed by atoms with Gasteiger partial charge in [0.05, 0.1) is 17.3 Å². The first-order valence-electron chi connectivity index (χ1n) is 7.65. The van der Waals surface area contributed by atoms with Gasteiger partial charge in [0.15, 0.2) is 17.4 Å². The van der Waals surface area contributed by atoms with E-state index in [0.29, 0.717) is 0 Å². The van der Waals surface area contributed by atoms with Gasteiger partial charge in [-0.25, -0.2) is 22.9 Å². The van der Waals surface area contributed by atoms with E-state index in [-0.39, 0.29) is 33.7 Å². The molecule has 0 aliphatic rings. The van der Waals surface area contributed by atoms with Gasteiger partial charge >= 0.3 is 5.97 Å². The molecule has 4 rings (SSSR count). The molecule has 3 N–H and O–H groups in total. The van der Waals surface area contributed by atoms with Crippen LogP contribution < -0.4 is 4.74 Å². The summed E-state index contributed by atoms with van der Waals surface area (Å²) >= 11 is 0. The number of nitrogens with one attached hydrogen (secondary N) is 2. The number of fused-ring (bicyclic) bond motifs is 1. The maximum atomic E-state index is 14.5. The maximum Gasteiger partial charge on any atom is 0.353 e. The third kappa shape index (κ3) is 2.88. The fourth-order valence-electron chi connectivity index (χ4n) is 2.64. The van der Waals surface area contributed by atoms with Crippen molar-refractivity contribution in [2.24, 2.45) is 0 Å². The van der Waals surface area contributed by atoms with Crippen LogP contribution >= 0.6 is 0 Å².